The van der Waals surface area contributed by atoms with Crippen LogP contribution in [0.5, 0.6) is 0 Å². The van der Waals surface area contributed by atoms with Crippen LogP contribution in [0.3, 0.4) is 0 Å². The zero-order valence-corrected chi connectivity index (χ0v) is 14.3. The van der Waals surface area contributed by atoms with E-state index in [1.807, 2.05) is 49.4 Å². The summed E-state index contributed by atoms with van der Waals surface area (Å²) >= 11 is 0. The number of hydrogen-bond acceptors (Lipinski definition) is 3. The van der Waals surface area contributed by atoms with Gasteiger partial charge in [-0.1, -0.05) is 42.5 Å². The summed E-state index contributed by atoms with van der Waals surface area (Å²) in [7, 11) is 1.63. The van der Waals surface area contributed by atoms with Gasteiger partial charge in [0.05, 0.1) is 6.10 Å². The average Bonchev–Trinajstić information content (AvgIpc) is 2.61. The maximum atomic E-state index is 11.5. The summed E-state index contributed by atoms with van der Waals surface area (Å²) in [4.78, 5) is 11.5. The molecule has 0 saturated carbocycles. The number of rotatable bonds is 8. The van der Waals surface area contributed by atoms with Crippen LogP contribution in [-0.2, 0) is 6.54 Å². The minimum atomic E-state index is -0.330. The Labute approximate surface area is 143 Å². The second-order valence-corrected chi connectivity index (χ2v) is 6.10. The molecule has 0 aliphatic carbocycles. The molecule has 0 aromatic heterocycles. The standard InChI is InChI=1S/C20H26N2O2/c1-15(23)12-19(17-6-4-3-5-7-17)14-22-13-16-8-10-18(11-9-16)20(24)21-2/h3-11,15,19,22-23H,12-14H2,1-2H3,(H,21,24). The molecule has 3 N–H and O–H groups in total. The first-order chi connectivity index (χ1) is 11.6. The predicted octanol–water partition coefficient (Wildman–Crippen LogP) is 2.69. The first kappa shape index (κ1) is 18.2. The first-order valence-corrected chi connectivity index (χ1v) is 8.35. The molecule has 2 rings (SSSR count). The third-order valence-electron chi connectivity index (χ3n) is 4.06. The van der Waals surface area contributed by atoms with Crippen molar-refractivity contribution in [3.8, 4) is 0 Å². The quantitative estimate of drug-likeness (QED) is 0.699. The van der Waals surface area contributed by atoms with Gasteiger partial charge in [-0.25, -0.2) is 0 Å². The van der Waals surface area contributed by atoms with E-state index in [1.54, 1.807) is 7.05 Å². The van der Waals surface area contributed by atoms with Gasteiger partial charge in [0.2, 0.25) is 0 Å². The van der Waals surface area contributed by atoms with Crippen molar-refractivity contribution in [3.63, 3.8) is 0 Å². The topological polar surface area (TPSA) is 61.4 Å². The Hall–Kier alpha value is -2.17. The maximum Gasteiger partial charge on any atom is 0.251 e. The Morgan fingerprint density at radius 3 is 2.33 bits per heavy atom. The lowest BCUT2D eigenvalue weighted by atomic mass is 9.93. The van der Waals surface area contributed by atoms with E-state index in [2.05, 4.69) is 22.8 Å². The fourth-order valence-electron chi connectivity index (χ4n) is 2.78. The molecule has 0 heterocycles. The predicted molar refractivity (Wildman–Crippen MR) is 97.0 cm³/mol. The molecule has 0 spiro atoms. The van der Waals surface area contributed by atoms with E-state index in [4.69, 9.17) is 0 Å². The lowest BCUT2D eigenvalue weighted by Gasteiger charge is -2.20. The molecule has 1 amide bonds. The minimum Gasteiger partial charge on any atom is -0.393 e. The van der Waals surface area contributed by atoms with Crippen molar-refractivity contribution in [3.05, 3.63) is 71.3 Å². The number of carbonyl (C=O) groups is 1. The Kier molecular flexibility index (Phi) is 6.97. The van der Waals surface area contributed by atoms with Crippen LogP contribution in [0.25, 0.3) is 0 Å². The lowest BCUT2D eigenvalue weighted by molar-refractivity contribution is 0.0963. The summed E-state index contributed by atoms with van der Waals surface area (Å²) in [5.41, 5.74) is 3.03. The van der Waals surface area contributed by atoms with Gasteiger partial charge in [0.1, 0.15) is 0 Å². The molecule has 2 atom stereocenters. The van der Waals surface area contributed by atoms with Gasteiger partial charge in [-0.15, -0.1) is 0 Å². The second kappa shape index (κ2) is 9.21. The Balaban J connectivity index is 1.91. The normalized spacial score (nSPS) is 13.3. The van der Waals surface area contributed by atoms with Gasteiger partial charge in [-0.3, -0.25) is 4.79 Å². The molecule has 0 bridgehead atoms. The number of nitrogens with one attached hydrogen (secondary N) is 2. The Morgan fingerprint density at radius 2 is 1.75 bits per heavy atom. The van der Waals surface area contributed by atoms with Crippen LogP contribution in [0.15, 0.2) is 54.6 Å². The molecule has 0 aliphatic heterocycles. The van der Waals surface area contributed by atoms with Crippen molar-refractivity contribution in [2.24, 2.45) is 0 Å². The van der Waals surface area contributed by atoms with Crippen LogP contribution >= 0.6 is 0 Å². The average molecular weight is 326 g/mol. The van der Waals surface area contributed by atoms with Crippen molar-refractivity contribution in [2.45, 2.75) is 31.9 Å². The van der Waals surface area contributed by atoms with E-state index in [1.165, 1.54) is 5.56 Å². The Bertz CT molecular complexity index is 624. The fraction of sp³-hybridized carbons (Fsp3) is 0.350. The molecule has 0 saturated heterocycles. The Morgan fingerprint density at radius 1 is 1.08 bits per heavy atom. The number of aliphatic hydroxyl groups excluding tert-OH is 1. The summed E-state index contributed by atoms with van der Waals surface area (Å²) in [6.07, 6.45) is 0.399. The third kappa shape index (κ3) is 5.48. The molecular formula is C20H26N2O2. The summed E-state index contributed by atoms with van der Waals surface area (Å²) in [5, 5.41) is 15.8. The van der Waals surface area contributed by atoms with Gasteiger partial charge >= 0.3 is 0 Å². The van der Waals surface area contributed by atoms with Crippen LogP contribution in [0, 0.1) is 0 Å². The molecule has 4 heteroatoms. The molecule has 2 aromatic rings. The number of hydrogen-bond donors (Lipinski definition) is 3. The molecular weight excluding hydrogens is 300 g/mol. The van der Waals surface area contributed by atoms with Gasteiger partial charge in [-0.05, 0) is 42.5 Å². The zero-order valence-electron chi connectivity index (χ0n) is 14.3. The largest absolute Gasteiger partial charge is 0.393 e. The van der Waals surface area contributed by atoms with Gasteiger partial charge in [0.15, 0.2) is 0 Å². The molecule has 2 aromatic carbocycles. The van der Waals surface area contributed by atoms with Crippen molar-refractivity contribution >= 4 is 5.91 Å². The van der Waals surface area contributed by atoms with Crippen molar-refractivity contribution < 1.29 is 9.90 Å². The highest BCUT2D eigenvalue weighted by Crippen LogP contribution is 2.20. The second-order valence-electron chi connectivity index (χ2n) is 6.10. The van der Waals surface area contributed by atoms with E-state index < -0.39 is 0 Å². The zero-order chi connectivity index (χ0) is 17.4. The number of carbonyl (C=O) groups excluding carboxylic acids is 1. The van der Waals surface area contributed by atoms with Crippen LogP contribution in [0.1, 0.15) is 40.7 Å². The van der Waals surface area contributed by atoms with E-state index in [-0.39, 0.29) is 17.9 Å². The van der Waals surface area contributed by atoms with E-state index in [0.717, 1.165) is 25.1 Å². The summed E-state index contributed by atoms with van der Waals surface area (Å²) in [5.74, 6) is 0.201. The number of aliphatic hydroxyl groups is 1. The number of amides is 1. The molecule has 0 fully saturated rings. The highest BCUT2D eigenvalue weighted by molar-refractivity contribution is 5.93. The molecule has 2 unspecified atom stereocenters. The maximum absolute atomic E-state index is 11.5. The minimum absolute atomic E-state index is 0.0735. The summed E-state index contributed by atoms with van der Waals surface area (Å²) in [6, 6.07) is 17.9. The highest BCUT2D eigenvalue weighted by atomic mass is 16.3. The fourth-order valence-corrected chi connectivity index (χ4v) is 2.78. The first-order valence-electron chi connectivity index (χ1n) is 8.35. The van der Waals surface area contributed by atoms with E-state index >= 15 is 0 Å². The van der Waals surface area contributed by atoms with Gasteiger partial charge in [0, 0.05) is 25.7 Å². The molecule has 4 nitrogen and oxygen atoms in total. The molecule has 0 radical (unpaired) electrons. The van der Waals surface area contributed by atoms with Crippen molar-refractivity contribution in [1.82, 2.24) is 10.6 Å². The van der Waals surface area contributed by atoms with Crippen molar-refractivity contribution in [1.29, 1.82) is 0 Å². The van der Waals surface area contributed by atoms with Crippen molar-refractivity contribution in [2.75, 3.05) is 13.6 Å². The molecule has 0 aliphatic rings. The third-order valence-corrected chi connectivity index (χ3v) is 4.06. The van der Waals surface area contributed by atoms with Crippen LogP contribution in [0.4, 0.5) is 0 Å². The van der Waals surface area contributed by atoms with Gasteiger partial charge in [-0.2, -0.15) is 0 Å². The summed E-state index contributed by atoms with van der Waals surface area (Å²) in [6.45, 7) is 3.36. The van der Waals surface area contributed by atoms with Crippen LogP contribution in [-0.4, -0.2) is 30.7 Å². The highest BCUT2D eigenvalue weighted by Gasteiger charge is 2.13. The van der Waals surface area contributed by atoms with Crippen LogP contribution < -0.4 is 10.6 Å². The van der Waals surface area contributed by atoms with Crippen LogP contribution in [0.2, 0.25) is 0 Å². The smallest absolute Gasteiger partial charge is 0.251 e. The SMILES string of the molecule is CNC(=O)c1ccc(CNCC(CC(C)O)c2ccccc2)cc1. The molecule has 24 heavy (non-hydrogen) atoms. The monoisotopic (exact) mass is 326 g/mol. The van der Waals surface area contributed by atoms with Gasteiger partial charge < -0.3 is 15.7 Å². The van der Waals surface area contributed by atoms with E-state index in [0.29, 0.717) is 5.56 Å². The molecule has 128 valence electrons. The number of benzene rings is 2. The van der Waals surface area contributed by atoms with Gasteiger partial charge in [0.25, 0.3) is 5.91 Å². The summed E-state index contributed by atoms with van der Waals surface area (Å²) < 4.78 is 0. The van der Waals surface area contributed by atoms with E-state index in [9.17, 15) is 9.90 Å². The lowest BCUT2D eigenvalue weighted by Crippen LogP contribution is -2.24.